The van der Waals surface area contributed by atoms with E-state index in [4.69, 9.17) is 0 Å². The summed E-state index contributed by atoms with van der Waals surface area (Å²) in [4.78, 5) is 0. The zero-order valence-electron chi connectivity index (χ0n) is 5.60. The van der Waals surface area contributed by atoms with Gasteiger partial charge in [-0.15, -0.1) is 0 Å². The molecule has 1 rings (SSSR count). The molecule has 0 spiro atoms. The Morgan fingerprint density at radius 1 is 1.09 bits per heavy atom. The summed E-state index contributed by atoms with van der Waals surface area (Å²) >= 11 is 0. The van der Waals surface area contributed by atoms with E-state index >= 15 is 0 Å². The Hall–Kier alpha value is -0.610. The van der Waals surface area contributed by atoms with Crippen LogP contribution in [0, 0.1) is 0 Å². The number of allylic oxidation sites excluding steroid dienone is 2. The molecule has 0 nitrogen and oxygen atoms in total. The zero-order valence-corrected chi connectivity index (χ0v) is 5.60. The number of hydrogen-bond acceptors (Lipinski definition) is 0. The Morgan fingerprint density at radius 2 is 1.55 bits per heavy atom. The fourth-order valence-corrected chi connectivity index (χ4v) is 0.969. The maximum absolute atomic E-state index is 12.2. The largest absolute Gasteiger partial charge is 0.365 e. The maximum atomic E-state index is 12.2. The van der Waals surface area contributed by atoms with Crippen molar-refractivity contribution in [3.8, 4) is 0 Å². The summed E-state index contributed by atoms with van der Waals surface area (Å²) in [6, 6.07) is 0. The van der Waals surface area contributed by atoms with Gasteiger partial charge in [-0.3, -0.25) is 0 Å². The minimum atomic E-state index is -4.57. The van der Waals surface area contributed by atoms with Crippen LogP contribution in [-0.4, -0.2) is 11.8 Å². The second kappa shape index (κ2) is 1.95. The van der Waals surface area contributed by atoms with E-state index in [-0.39, 0.29) is 6.42 Å². The highest BCUT2D eigenvalue weighted by Crippen LogP contribution is 2.56. The van der Waals surface area contributed by atoms with Crippen LogP contribution in [0.4, 0.5) is 22.0 Å². The topological polar surface area (TPSA) is 0 Å². The van der Waals surface area contributed by atoms with Crippen molar-refractivity contribution in [2.24, 2.45) is 0 Å². The first-order valence-corrected chi connectivity index (χ1v) is 3.01. The predicted octanol–water partition coefficient (Wildman–Crippen LogP) is 2.90. The molecule has 0 fully saturated rings. The third-order valence-electron chi connectivity index (χ3n) is 1.67. The molecule has 0 saturated heterocycles. The molecule has 1 aliphatic carbocycles. The average Bonchev–Trinajstić information content (AvgIpc) is 1.88. The molecule has 0 radical (unpaired) electrons. The SMILES string of the molecule is CCC1=C(F)C(F)(F)C1(F)F. The monoisotopic (exact) mass is 172 g/mol. The van der Waals surface area contributed by atoms with Crippen LogP contribution in [0.5, 0.6) is 0 Å². The van der Waals surface area contributed by atoms with Crippen LogP contribution in [-0.2, 0) is 0 Å². The van der Waals surface area contributed by atoms with Crippen LogP contribution in [0.2, 0.25) is 0 Å². The van der Waals surface area contributed by atoms with Gasteiger partial charge in [-0.25, -0.2) is 4.39 Å². The molecule has 0 aromatic carbocycles. The molecule has 1 aliphatic rings. The molecule has 0 aliphatic heterocycles. The fourth-order valence-electron chi connectivity index (χ4n) is 0.969. The normalized spacial score (nSPS) is 26.7. The molecule has 0 amide bonds. The molecule has 0 unspecified atom stereocenters. The molecule has 0 heterocycles. The number of hydrogen-bond donors (Lipinski definition) is 0. The zero-order chi connectivity index (χ0) is 8.86. The van der Waals surface area contributed by atoms with Crippen molar-refractivity contribution in [3.05, 3.63) is 11.4 Å². The van der Waals surface area contributed by atoms with Crippen molar-refractivity contribution in [3.63, 3.8) is 0 Å². The van der Waals surface area contributed by atoms with Crippen molar-refractivity contribution >= 4 is 0 Å². The van der Waals surface area contributed by atoms with Gasteiger partial charge in [0.1, 0.15) is 0 Å². The molecule has 0 N–H and O–H groups in total. The van der Waals surface area contributed by atoms with Gasteiger partial charge in [0, 0.05) is 5.57 Å². The van der Waals surface area contributed by atoms with Crippen LogP contribution in [0.25, 0.3) is 0 Å². The van der Waals surface area contributed by atoms with Gasteiger partial charge in [-0.05, 0) is 6.42 Å². The lowest BCUT2D eigenvalue weighted by Crippen LogP contribution is -2.52. The molecule has 64 valence electrons. The van der Waals surface area contributed by atoms with E-state index in [2.05, 4.69) is 0 Å². The number of alkyl halides is 4. The van der Waals surface area contributed by atoms with E-state index in [1.165, 1.54) is 6.92 Å². The summed E-state index contributed by atoms with van der Waals surface area (Å²) in [5.74, 6) is -10.8. The molecule has 5 heteroatoms. The fraction of sp³-hybridized carbons (Fsp3) is 0.667. The smallest absolute Gasteiger partial charge is 0.205 e. The third kappa shape index (κ3) is 0.736. The van der Waals surface area contributed by atoms with Crippen LogP contribution in [0.15, 0.2) is 11.4 Å². The summed E-state index contributed by atoms with van der Waals surface area (Å²) in [6.07, 6.45) is -0.381. The Kier molecular flexibility index (Phi) is 1.51. The second-order valence-corrected chi connectivity index (χ2v) is 2.29. The molecule has 0 bridgehead atoms. The Bertz CT molecular complexity index is 215. The van der Waals surface area contributed by atoms with Crippen LogP contribution < -0.4 is 0 Å². The molecule has 0 atom stereocenters. The summed E-state index contributed by atoms with van der Waals surface area (Å²) in [5.41, 5.74) is -1.08. The highest BCUT2D eigenvalue weighted by molar-refractivity contribution is 5.39. The Balaban J connectivity index is 3.07. The lowest BCUT2D eigenvalue weighted by molar-refractivity contribution is -0.205. The number of rotatable bonds is 1. The molecule has 0 saturated carbocycles. The first-order valence-electron chi connectivity index (χ1n) is 3.01. The van der Waals surface area contributed by atoms with Crippen LogP contribution >= 0.6 is 0 Å². The standard InChI is InChI=1S/C6H5F5/c1-2-3-4(7)6(10,11)5(3,8)9/h2H2,1H3. The van der Waals surface area contributed by atoms with Crippen molar-refractivity contribution in [1.29, 1.82) is 0 Å². The van der Waals surface area contributed by atoms with Gasteiger partial charge in [-0.1, -0.05) is 6.92 Å². The maximum Gasteiger partial charge on any atom is 0.365 e. The minimum Gasteiger partial charge on any atom is -0.205 e. The predicted molar refractivity (Wildman–Crippen MR) is 28.3 cm³/mol. The van der Waals surface area contributed by atoms with Crippen LogP contribution in [0.1, 0.15) is 13.3 Å². The van der Waals surface area contributed by atoms with E-state index in [0.717, 1.165) is 0 Å². The molecule has 11 heavy (non-hydrogen) atoms. The lowest BCUT2D eigenvalue weighted by atomic mass is 9.86. The second-order valence-electron chi connectivity index (χ2n) is 2.29. The van der Waals surface area contributed by atoms with Crippen molar-refractivity contribution < 1.29 is 22.0 Å². The summed E-state index contributed by atoms with van der Waals surface area (Å²) in [7, 11) is 0. The van der Waals surface area contributed by atoms with Gasteiger partial charge in [0.15, 0.2) is 5.83 Å². The molecule has 0 aromatic heterocycles. The van der Waals surface area contributed by atoms with Gasteiger partial charge in [-0.2, -0.15) is 17.6 Å². The highest BCUT2D eigenvalue weighted by Gasteiger charge is 2.71. The van der Waals surface area contributed by atoms with Gasteiger partial charge < -0.3 is 0 Å². The van der Waals surface area contributed by atoms with E-state index < -0.39 is 23.2 Å². The van der Waals surface area contributed by atoms with E-state index in [0.29, 0.717) is 0 Å². The van der Waals surface area contributed by atoms with Crippen molar-refractivity contribution in [2.45, 2.75) is 25.2 Å². The lowest BCUT2D eigenvalue weighted by Gasteiger charge is -2.36. The van der Waals surface area contributed by atoms with E-state index in [1.54, 1.807) is 0 Å². The minimum absolute atomic E-state index is 0.381. The Labute approximate surface area is 59.7 Å². The molecular formula is C6H5F5. The van der Waals surface area contributed by atoms with E-state index in [1.807, 2.05) is 0 Å². The number of halogens is 5. The van der Waals surface area contributed by atoms with Gasteiger partial charge in [0.2, 0.25) is 0 Å². The van der Waals surface area contributed by atoms with Crippen molar-refractivity contribution in [2.75, 3.05) is 0 Å². The highest BCUT2D eigenvalue weighted by atomic mass is 19.3. The summed E-state index contributed by atoms with van der Waals surface area (Å²) < 4.78 is 60.4. The quantitative estimate of drug-likeness (QED) is 0.533. The first-order chi connectivity index (χ1) is 4.85. The summed E-state index contributed by atoms with van der Waals surface area (Å²) in [5, 5.41) is 0. The summed E-state index contributed by atoms with van der Waals surface area (Å²) in [6.45, 7) is 1.21. The molecular weight excluding hydrogens is 167 g/mol. The first kappa shape index (κ1) is 8.49. The van der Waals surface area contributed by atoms with Crippen LogP contribution in [0.3, 0.4) is 0 Å². The van der Waals surface area contributed by atoms with Gasteiger partial charge in [0.05, 0.1) is 0 Å². The third-order valence-corrected chi connectivity index (χ3v) is 1.67. The van der Waals surface area contributed by atoms with Gasteiger partial charge >= 0.3 is 11.8 Å². The van der Waals surface area contributed by atoms with E-state index in [9.17, 15) is 22.0 Å². The Morgan fingerprint density at radius 3 is 1.73 bits per heavy atom. The van der Waals surface area contributed by atoms with Gasteiger partial charge in [0.25, 0.3) is 0 Å². The molecule has 0 aromatic rings. The average molecular weight is 172 g/mol. The van der Waals surface area contributed by atoms with Crippen molar-refractivity contribution in [1.82, 2.24) is 0 Å².